The lowest BCUT2D eigenvalue weighted by atomic mass is 10.1. The molecule has 0 radical (unpaired) electrons. The van der Waals surface area contributed by atoms with Crippen molar-refractivity contribution in [1.82, 2.24) is 9.38 Å². The third-order valence-corrected chi connectivity index (χ3v) is 5.51. The second-order valence-corrected chi connectivity index (χ2v) is 7.81. The molecule has 0 bridgehead atoms. The average Bonchev–Trinajstić information content (AvgIpc) is 3.08. The summed E-state index contributed by atoms with van der Waals surface area (Å²) >= 11 is 12.8. The predicted octanol–water partition coefficient (Wildman–Crippen LogP) is 6.69. The fourth-order valence-electron chi connectivity index (χ4n) is 3.51. The summed E-state index contributed by atoms with van der Waals surface area (Å²) in [5.74, 6) is 2.11. The molecule has 0 unspecified atom stereocenters. The van der Waals surface area contributed by atoms with Gasteiger partial charge in [0, 0.05) is 17.4 Å². The van der Waals surface area contributed by atoms with Gasteiger partial charge in [0.05, 0.1) is 24.3 Å². The van der Waals surface area contributed by atoms with Gasteiger partial charge < -0.3 is 14.8 Å². The van der Waals surface area contributed by atoms with E-state index in [2.05, 4.69) is 31.3 Å². The van der Waals surface area contributed by atoms with E-state index in [4.69, 9.17) is 37.7 Å². The van der Waals surface area contributed by atoms with Gasteiger partial charge in [-0.2, -0.15) is 0 Å². The molecule has 0 aliphatic carbocycles. The van der Waals surface area contributed by atoms with Crippen LogP contribution in [0.5, 0.6) is 11.5 Å². The molecule has 0 atom stereocenters. The maximum Gasteiger partial charge on any atom is 0.158 e. The molecule has 0 aliphatic heterocycles. The van der Waals surface area contributed by atoms with Gasteiger partial charge in [0.1, 0.15) is 23.0 Å². The summed E-state index contributed by atoms with van der Waals surface area (Å²) in [6.45, 7) is 4.12. The Kier molecular flexibility index (Phi) is 5.50. The SMILES string of the molecule is COc1ccc(OC)c(-c2nc3c(Cl)cc(Cl)cn3c2Nc2c(C)cccc2C)c1. The molecule has 2 heterocycles. The zero-order valence-electron chi connectivity index (χ0n) is 17.1. The molecule has 154 valence electrons. The average molecular weight is 442 g/mol. The van der Waals surface area contributed by atoms with E-state index in [9.17, 15) is 0 Å². The first-order valence-electron chi connectivity index (χ1n) is 9.35. The van der Waals surface area contributed by atoms with Gasteiger partial charge in [0.15, 0.2) is 5.65 Å². The van der Waals surface area contributed by atoms with Crippen LogP contribution in [0.4, 0.5) is 11.5 Å². The van der Waals surface area contributed by atoms with Crippen molar-refractivity contribution in [2.45, 2.75) is 13.8 Å². The van der Waals surface area contributed by atoms with Crippen LogP contribution in [-0.4, -0.2) is 23.6 Å². The second kappa shape index (κ2) is 8.09. The molecule has 0 fully saturated rings. The number of hydrogen-bond acceptors (Lipinski definition) is 4. The third-order valence-electron chi connectivity index (χ3n) is 5.03. The molecule has 7 heteroatoms. The molecule has 0 amide bonds. The van der Waals surface area contributed by atoms with Crippen molar-refractivity contribution in [3.05, 3.63) is 69.8 Å². The van der Waals surface area contributed by atoms with Gasteiger partial charge in [-0.1, -0.05) is 41.4 Å². The lowest BCUT2D eigenvalue weighted by Gasteiger charge is -2.15. The highest BCUT2D eigenvalue weighted by atomic mass is 35.5. The van der Waals surface area contributed by atoms with Crippen LogP contribution in [0, 0.1) is 13.8 Å². The van der Waals surface area contributed by atoms with Crippen LogP contribution < -0.4 is 14.8 Å². The van der Waals surface area contributed by atoms with Crippen LogP contribution in [0.1, 0.15) is 11.1 Å². The minimum Gasteiger partial charge on any atom is -0.497 e. The zero-order chi connectivity index (χ0) is 21.4. The van der Waals surface area contributed by atoms with E-state index < -0.39 is 0 Å². The van der Waals surface area contributed by atoms with Gasteiger partial charge in [-0.15, -0.1) is 0 Å². The van der Waals surface area contributed by atoms with Gasteiger partial charge in [-0.25, -0.2) is 4.98 Å². The molecule has 1 N–H and O–H groups in total. The topological polar surface area (TPSA) is 47.8 Å². The molecule has 0 aliphatic rings. The Morgan fingerprint density at radius 2 is 1.70 bits per heavy atom. The van der Waals surface area contributed by atoms with Gasteiger partial charge in [-0.3, -0.25) is 4.40 Å². The van der Waals surface area contributed by atoms with Gasteiger partial charge >= 0.3 is 0 Å². The minimum absolute atomic E-state index is 0.458. The van der Waals surface area contributed by atoms with Crippen molar-refractivity contribution in [1.29, 1.82) is 0 Å². The van der Waals surface area contributed by atoms with Crippen LogP contribution in [0.15, 0.2) is 48.7 Å². The first kappa shape index (κ1) is 20.4. The lowest BCUT2D eigenvalue weighted by molar-refractivity contribution is 0.404. The molecular weight excluding hydrogens is 421 g/mol. The largest absolute Gasteiger partial charge is 0.497 e. The quantitative estimate of drug-likeness (QED) is 0.374. The predicted molar refractivity (Wildman–Crippen MR) is 123 cm³/mol. The van der Waals surface area contributed by atoms with Crippen LogP contribution in [0.3, 0.4) is 0 Å². The van der Waals surface area contributed by atoms with Crippen LogP contribution >= 0.6 is 23.2 Å². The number of hydrogen-bond donors (Lipinski definition) is 1. The smallest absolute Gasteiger partial charge is 0.158 e. The van der Waals surface area contributed by atoms with E-state index in [0.717, 1.165) is 28.2 Å². The Labute approximate surface area is 185 Å². The molecule has 2 aromatic carbocycles. The molecule has 0 spiro atoms. The van der Waals surface area contributed by atoms with E-state index in [1.165, 1.54) is 0 Å². The van der Waals surface area contributed by atoms with E-state index in [1.807, 2.05) is 28.7 Å². The second-order valence-electron chi connectivity index (χ2n) is 6.97. The number of aromatic nitrogens is 2. The number of anilines is 2. The number of ether oxygens (including phenoxy) is 2. The number of pyridine rings is 1. The van der Waals surface area contributed by atoms with Crippen LogP contribution in [0.25, 0.3) is 16.9 Å². The van der Waals surface area contributed by atoms with Crippen molar-refractivity contribution in [2.24, 2.45) is 0 Å². The van der Waals surface area contributed by atoms with E-state index in [-0.39, 0.29) is 0 Å². The highest BCUT2D eigenvalue weighted by Crippen LogP contribution is 2.41. The number of rotatable bonds is 5. The minimum atomic E-state index is 0.458. The number of para-hydroxylation sites is 1. The normalized spacial score (nSPS) is 11.0. The van der Waals surface area contributed by atoms with Crippen LogP contribution in [-0.2, 0) is 0 Å². The first-order valence-corrected chi connectivity index (χ1v) is 10.1. The van der Waals surface area contributed by atoms with E-state index >= 15 is 0 Å². The summed E-state index contributed by atoms with van der Waals surface area (Å²) in [5.41, 5.74) is 5.27. The van der Waals surface area contributed by atoms with Gasteiger partial charge in [0.25, 0.3) is 0 Å². The number of benzene rings is 2. The number of nitrogens with zero attached hydrogens (tertiary/aromatic N) is 2. The number of aryl methyl sites for hydroxylation is 2. The van der Waals surface area contributed by atoms with Crippen molar-refractivity contribution >= 4 is 40.4 Å². The highest BCUT2D eigenvalue weighted by molar-refractivity contribution is 6.36. The maximum absolute atomic E-state index is 6.48. The van der Waals surface area contributed by atoms with Crippen molar-refractivity contribution in [3.63, 3.8) is 0 Å². The Bertz CT molecular complexity index is 1230. The molecule has 30 heavy (non-hydrogen) atoms. The molecule has 4 aromatic rings. The number of methoxy groups -OCH3 is 2. The Hall–Kier alpha value is -2.89. The summed E-state index contributed by atoms with van der Waals surface area (Å²) in [6, 6.07) is 13.4. The van der Waals surface area contributed by atoms with Gasteiger partial charge in [-0.05, 0) is 49.2 Å². The summed E-state index contributed by atoms with van der Waals surface area (Å²) < 4.78 is 12.9. The van der Waals surface area contributed by atoms with E-state index in [1.54, 1.807) is 26.5 Å². The third kappa shape index (κ3) is 3.55. The summed E-state index contributed by atoms with van der Waals surface area (Å²) in [7, 11) is 3.26. The number of nitrogens with one attached hydrogen (secondary N) is 1. The fourth-order valence-corrected chi connectivity index (χ4v) is 4.02. The van der Waals surface area contributed by atoms with Crippen molar-refractivity contribution in [3.8, 4) is 22.8 Å². The number of halogens is 2. The molecular formula is C23H21Cl2N3O2. The fraction of sp³-hybridized carbons (Fsp3) is 0.174. The molecule has 0 saturated carbocycles. The Morgan fingerprint density at radius 1 is 0.967 bits per heavy atom. The summed E-state index contributed by atoms with van der Waals surface area (Å²) in [5, 5.41) is 4.53. The molecule has 4 rings (SSSR count). The maximum atomic E-state index is 6.48. The first-order chi connectivity index (χ1) is 14.4. The van der Waals surface area contributed by atoms with Crippen molar-refractivity contribution < 1.29 is 9.47 Å². The zero-order valence-corrected chi connectivity index (χ0v) is 18.6. The Balaban J connectivity index is 2.03. The number of fused-ring (bicyclic) bond motifs is 1. The highest BCUT2D eigenvalue weighted by Gasteiger charge is 2.21. The monoisotopic (exact) mass is 441 g/mol. The van der Waals surface area contributed by atoms with Gasteiger partial charge in [0.2, 0.25) is 0 Å². The molecule has 0 saturated heterocycles. The Morgan fingerprint density at radius 3 is 2.37 bits per heavy atom. The van der Waals surface area contributed by atoms with Crippen molar-refractivity contribution in [2.75, 3.05) is 19.5 Å². The molecule has 2 aromatic heterocycles. The molecule has 5 nitrogen and oxygen atoms in total. The standard InChI is InChI=1S/C23H21Cl2N3O2/c1-13-6-5-7-14(2)20(13)26-23-21(17-11-16(29-3)8-9-19(17)30-4)27-22-18(25)10-15(24)12-28(22)23/h5-12,26H,1-4H3. The van der Waals surface area contributed by atoms with Crippen LogP contribution in [0.2, 0.25) is 10.0 Å². The number of imidazole rings is 1. The summed E-state index contributed by atoms with van der Waals surface area (Å²) in [4.78, 5) is 4.84. The lowest BCUT2D eigenvalue weighted by Crippen LogP contribution is -2.01. The van der Waals surface area contributed by atoms with E-state index in [0.29, 0.717) is 32.9 Å². The summed E-state index contributed by atoms with van der Waals surface area (Å²) in [6.07, 6.45) is 1.79.